The van der Waals surface area contributed by atoms with Crippen molar-refractivity contribution < 1.29 is 4.79 Å². The topological polar surface area (TPSA) is 32.3 Å². The van der Waals surface area contributed by atoms with Crippen molar-refractivity contribution in [3.8, 4) is 0 Å². The number of fused-ring (bicyclic) bond motifs is 1. The molecule has 0 spiro atoms. The van der Waals surface area contributed by atoms with Crippen LogP contribution in [0.3, 0.4) is 0 Å². The molecule has 0 unspecified atom stereocenters. The SMILES string of the molecule is CNCC(=O)N1CCc2c(Cl)cccc21. The van der Waals surface area contributed by atoms with Crippen LogP contribution < -0.4 is 10.2 Å². The van der Waals surface area contributed by atoms with Crippen molar-refractivity contribution in [3.63, 3.8) is 0 Å². The molecule has 1 amide bonds. The highest BCUT2D eigenvalue weighted by Gasteiger charge is 2.25. The van der Waals surface area contributed by atoms with Gasteiger partial charge in [-0.05, 0) is 31.2 Å². The fraction of sp³-hybridized carbons (Fsp3) is 0.364. The molecule has 1 aromatic rings. The van der Waals surface area contributed by atoms with Crippen LogP contribution in [0.25, 0.3) is 0 Å². The average Bonchev–Trinajstić information content (AvgIpc) is 2.63. The number of nitrogens with one attached hydrogen (secondary N) is 1. The third-order valence-electron chi connectivity index (χ3n) is 2.60. The van der Waals surface area contributed by atoms with E-state index in [1.807, 2.05) is 18.2 Å². The fourth-order valence-electron chi connectivity index (χ4n) is 1.90. The van der Waals surface area contributed by atoms with Crippen LogP contribution >= 0.6 is 11.6 Å². The maximum atomic E-state index is 11.7. The molecule has 1 N–H and O–H groups in total. The number of carbonyl (C=O) groups is 1. The van der Waals surface area contributed by atoms with Gasteiger partial charge in [0.05, 0.1) is 6.54 Å². The van der Waals surface area contributed by atoms with Gasteiger partial charge in [-0.1, -0.05) is 17.7 Å². The van der Waals surface area contributed by atoms with Crippen LogP contribution in [0.15, 0.2) is 18.2 Å². The molecule has 15 heavy (non-hydrogen) atoms. The predicted molar refractivity (Wildman–Crippen MR) is 61.4 cm³/mol. The van der Waals surface area contributed by atoms with E-state index in [0.29, 0.717) is 6.54 Å². The molecule has 0 aliphatic carbocycles. The number of benzene rings is 1. The summed E-state index contributed by atoms with van der Waals surface area (Å²) >= 11 is 6.06. The van der Waals surface area contributed by atoms with Gasteiger partial charge >= 0.3 is 0 Å². The molecule has 1 aromatic carbocycles. The molecule has 0 saturated carbocycles. The van der Waals surface area contributed by atoms with Crippen LogP contribution in [-0.4, -0.2) is 26.0 Å². The Morgan fingerprint density at radius 1 is 1.60 bits per heavy atom. The van der Waals surface area contributed by atoms with Gasteiger partial charge in [-0.25, -0.2) is 0 Å². The number of anilines is 1. The minimum absolute atomic E-state index is 0.0958. The highest BCUT2D eigenvalue weighted by molar-refractivity contribution is 6.32. The van der Waals surface area contributed by atoms with Crippen molar-refractivity contribution in [2.75, 3.05) is 25.0 Å². The summed E-state index contributed by atoms with van der Waals surface area (Å²) in [4.78, 5) is 13.5. The lowest BCUT2D eigenvalue weighted by molar-refractivity contribution is -0.117. The first-order valence-corrected chi connectivity index (χ1v) is 5.34. The summed E-state index contributed by atoms with van der Waals surface area (Å²) < 4.78 is 0. The Bertz CT molecular complexity index is 392. The number of likely N-dealkylation sites (N-methyl/N-ethyl adjacent to an activating group) is 1. The molecule has 0 radical (unpaired) electrons. The average molecular weight is 225 g/mol. The van der Waals surface area contributed by atoms with Crippen LogP contribution in [0, 0.1) is 0 Å². The second-order valence-electron chi connectivity index (χ2n) is 3.56. The number of amides is 1. The number of halogens is 1. The van der Waals surface area contributed by atoms with Crippen LogP contribution in [-0.2, 0) is 11.2 Å². The van der Waals surface area contributed by atoms with Crippen LogP contribution in [0.5, 0.6) is 0 Å². The van der Waals surface area contributed by atoms with Gasteiger partial charge in [0.25, 0.3) is 0 Å². The van der Waals surface area contributed by atoms with Gasteiger partial charge in [0.15, 0.2) is 0 Å². The molecule has 0 fully saturated rings. The molecular formula is C11H13ClN2O. The smallest absolute Gasteiger partial charge is 0.240 e. The van der Waals surface area contributed by atoms with Crippen LogP contribution in [0.2, 0.25) is 5.02 Å². The second-order valence-corrected chi connectivity index (χ2v) is 3.97. The van der Waals surface area contributed by atoms with Crippen molar-refractivity contribution in [3.05, 3.63) is 28.8 Å². The van der Waals surface area contributed by atoms with Gasteiger partial charge < -0.3 is 10.2 Å². The van der Waals surface area contributed by atoms with Gasteiger partial charge in [-0.15, -0.1) is 0 Å². The van der Waals surface area contributed by atoms with Crippen molar-refractivity contribution in [1.29, 1.82) is 0 Å². The monoisotopic (exact) mass is 224 g/mol. The van der Waals surface area contributed by atoms with Gasteiger partial charge in [0, 0.05) is 17.3 Å². The van der Waals surface area contributed by atoms with E-state index in [9.17, 15) is 4.79 Å². The first kappa shape index (κ1) is 10.5. The number of rotatable bonds is 2. The predicted octanol–water partition coefficient (Wildman–Crippen LogP) is 1.45. The highest BCUT2D eigenvalue weighted by Crippen LogP contribution is 2.33. The van der Waals surface area contributed by atoms with E-state index >= 15 is 0 Å². The maximum Gasteiger partial charge on any atom is 0.240 e. The number of hydrogen-bond donors (Lipinski definition) is 1. The molecule has 0 aromatic heterocycles. The largest absolute Gasteiger partial charge is 0.311 e. The molecule has 0 saturated heterocycles. The van der Waals surface area contributed by atoms with Gasteiger partial charge in [0.2, 0.25) is 5.91 Å². The molecule has 4 heteroatoms. The Morgan fingerprint density at radius 3 is 3.13 bits per heavy atom. The number of hydrogen-bond acceptors (Lipinski definition) is 2. The molecule has 1 aliphatic heterocycles. The Kier molecular flexibility index (Phi) is 2.93. The van der Waals surface area contributed by atoms with E-state index in [1.54, 1.807) is 11.9 Å². The highest BCUT2D eigenvalue weighted by atomic mass is 35.5. The van der Waals surface area contributed by atoms with Gasteiger partial charge in [-0.3, -0.25) is 4.79 Å². The number of nitrogens with zero attached hydrogens (tertiary/aromatic N) is 1. The molecule has 3 nitrogen and oxygen atoms in total. The third kappa shape index (κ3) is 1.85. The van der Waals surface area contributed by atoms with E-state index in [2.05, 4.69) is 5.32 Å². The zero-order valence-corrected chi connectivity index (χ0v) is 9.34. The number of carbonyl (C=O) groups excluding carboxylic acids is 1. The van der Waals surface area contributed by atoms with Crippen molar-refractivity contribution in [1.82, 2.24) is 5.32 Å². The Balaban J connectivity index is 2.29. The lowest BCUT2D eigenvalue weighted by Gasteiger charge is -2.16. The first-order valence-electron chi connectivity index (χ1n) is 4.96. The van der Waals surface area contributed by atoms with E-state index in [4.69, 9.17) is 11.6 Å². The molecule has 1 aliphatic rings. The van der Waals surface area contributed by atoms with Crippen molar-refractivity contribution in [2.45, 2.75) is 6.42 Å². The fourth-order valence-corrected chi connectivity index (χ4v) is 2.16. The minimum Gasteiger partial charge on any atom is -0.311 e. The molecule has 0 bridgehead atoms. The summed E-state index contributed by atoms with van der Waals surface area (Å²) in [6, 6.07) is 5.69. The molecule has 0 atom stereocenters. The Morgan fingerprint density at radius 2 is 2.40 bits per heavy atom. The first-order chi connectivity index (χ1) is 7.24. The van der Waals surface area contributed by atoms with Crippen molar-refractivity contribution >= 4 is 23.2 Å². The summed E-state index contributed by atoms with van der Waals surface area (Å²) in [5, 5.41) is 3.62. The van der Waals surface area contributed by atoms with E-state index < -0.39 is 0 Å². The lowest BCUT2D eigenvalue weighted by Crippen LogP contribution is -2.35. The summed E-state index contributed by atoms with van der Waals surface area (Å²) in [5.41, 5.74) is 2.05. The van der Waals surface area contributed by atoms with E-state index in [1.165, 1.54) is 0 Å². The quantitative estimate of drug-likeness (QED) is 0.825. The molecular weight excluding hydrogens is 212 g/mol. The summed E-state index contributed by atoms with van der Waals surface area (Å²) in [7, 11) is 1.77. The summed E-state index contributed by atoms with van der Waals surface area (Å²) in [6.45, 7) is 1.10. The van der Waals surface area contributed by atoms with Crippen molar-refractivity contribution in [2.24, 2.45) is 0 Å². The summed E-state index contributed by atoms with van der Waals surface area (Å²) in [5.74, 6) is 0.0958. The van der Waals surface area contributed by atoms with Gasteiger partial charge in [-0.2, -0.15) is 0 Å². The second kappa shape index (κ2) is 4.21. The standard InChI is InChI=1S/C11H13ClN2O/c1-13-7-11(15)14-6-5-8-9(12)3-2-4-10(8)14/h2-4,13H,5-7H2,1H3. The molecule has 80 valence electrons. The maximum absolute atomic E-state index is 11.7. The molecule has 2 rings (SSSR count). The van der Waals surface area contributed by atoms with Crippen LogP contribution in [0.4, 0.5) is 5.69 Å². The van der Waals surface area contributed by atoms with E-state index in [-0.39, 0.29) is 5.91 Å². The summed E-state index contributed by atoms with van der Waals surface area (Å²) in [6.07, 6.45) is 0.852. The van der Waals surface area contributed by atoms with Crippen LogP contribution in [0.1, 0.15) is 5.56 Å². The van der Waals surface area contributed by atoms with Gasteiger partial charge in [0.1, 0.15) is 0 Å². The third-order valence-corrected chi connectivity index (χ3v) is 2.95. The zero-order valence-electron chi connectivity index (χ0n) is 8.59. The van der Waals surface area contributed by atoms with E-state index in [0.717, 1.165) is 29.2 Å². The zero-order chi connectivity index (χ0) is 10.8. The lowest BCUT2D eigenvalue weighted by atomic mass is 10.2. The normalized spacial score (nSPS) is 14.1. The Labute approximate surface area is 94.0 Å². The Hall–Kier alpha value is -1.06. The minimum atomic E-state index is 0.0958. The molecule has 1 heterocycles.